The minimum atomic E-state index is -4.79. The van der Waals surface area contributed by atoms with Gasteiger partial charge in [-0.2, -0.15) is 17.5 Å². The Hall–Kier alpha value is -1.55. The molecule has 1 atom stereocenters. The molecule has 1 aromatic rings. The molecule has 20 heavy (non-hydrogen) atoms. The van der Waals surface area contributed by atoms with Crippen LogP contribution in [0.4, 0.5) is 13.2 Å². The van der Waals surface area contributed by atoms with Crippen LogP contribution in [0.3, 0.4) is 0 Å². The SMILES string of the molecule is CC(C(=O)O)S(=O)(=O)N(Cc1ccco1)CC(F)(F)F. The number of rotatable bonds is 6. The van der Waals surface area contributed by atoms with Crippen LogP contribution in [0, 0.1) is 0 Å². The minimum Gasteiger partial charge on any atom is -0.480 e. The predicted molar refractivity (Wildman–Crippen MR) is 61.2 cm³/mol. The van der Waals surface area contributed by atoms with Gasteiger partial charge in [-0.3, -0.25) is 4.79 Å². The maximum Gasteiger partial charge on any atom is 0.402 e. The van der Waals surface area contributed by atoms with E-state index in [1.165, 1.54) is 18.4 Å². The van der Waals surface area contributed by atoms with E-state index in [0.717, 1.165) is 6.92 Å². The number of alkyl halides is 3. The summed E-state index contributed by atoms with van der Waals surface area (Å²) in [7, 11) is -4.66. The average Bonchev–Trinajstić information content (AvgIpc) is 2.77. The highest BCUT2D eigenvalue weighted by molar-refractivity contribution is 7.90. The van der Waals surface area contributed by atoms with Gasteiger partial charge in [0.25, 0.3) is 0 Å². The van der Waals surface area contributed by atoms with E-state index >= 15 is 0 Å². The smallest absolute Gasteiger partial charge is 0.402 e. The second-order valence-corrected chi connectivity index (χ2v) is 6.24. The number of carboxylic acids is 1. The van der Waals surface area contributed by atoms with Crippen molar-refractivity contribution in [2.75, 3.05) is 6.54 Å². The van der Waals surface area contributed by atoms with E-state index in [1.54, 1.807) is 0 Å². The van der Waals surface area contributed by atoms with E-state index in [9.17, 15) is 26.4 Å². The topological polar surface area (TPSA) is 87.8 Å². The third-order valence-corrected chi connectivity index (χ3v) is 4.50. The summed E-state index contributed by atoms with van der Waals surface area (Å²) < 4.78 is 65.9. The van der Waals surface area contributed by atoms with Gasteiger partial charge >= 0.3 is 12.1 Å². The van der Waals surface area contributed by atoms with Gasteiger partial charge < -0.3 is 9.52 Å². The highest BCUT2D eigenvalue weighted by atomic mass is 32.2. The molecule has 0 aromatic carbocycles. The molecule has 0 saturated carbocycles. The van der Waals surface area contributed by atoms with Crippen molar-refractivity contribution in [2.24, 2.45) is 0 Å². The van der Waals surface area contributed by atoms with Gasteiger partial charge in [0.2, 0.25) is 10.0 Å². The minimum absolute atomic E-state index is 0.0181. The van der Waals surface area contributed by atoms with E-state index in [-0.39, 0.29) is 10.1 Å². The number of sulfonamides is 1. The number of carbonyl (C=O) groups is 1. The maximum absolute atomic E-state index is 12.4. The molecule has 6 nitrogen and oxygen atoms in total. The molecule has 0 bridgehead atoms. The number of aliphatic carboxylic acids is 1. The van der Waals surface area contributed by atoms with E-state index in [2.05, 4.69) is 0 Å². The lowest BCUT2D eigenvalue weighted by Crippen LogP contribution is -2.44. The van der Waals surface area contributed by atoms with Crippen LogP contribution in [0.1, 0.15) is 12.7 Å². The number of hydrogen-bond donors (Lipinski definition) is 1. The summed E-state index contributed by atoms with van der Waals surface area (Å²) in [6, 6.07) is 2.68. The van der Waals surface area contributed by atoms with Gasteiger partial charge in [-0.15, -0.1) is 0 Å². The Balaban J connectivity index is 3.07. The first-order valence-corrected chi connectivity index (χ1v) is 6.85. The molecule has 1 aromatic heterocycles. The Bertz CT molecular complexity index is 552. The maximum atomic E-state index is 12.4. The molecule has 0 amide bonds. The molecule has 0 spiro atoms. The van der Waals surface area contributed by atoms with Gasteiger partial charge in [0.1, 0.15) is 12.3 Å². The second-order valence-electron chi connectivity index (χ2n) is 3.99. The predicted octanol–water partition coefficient (Wildman–Crippen LogP) is 1.45. The monoisotopic (exact) mass is 315 g/mol. The van der Waals surface area contributed by atoms with Gasteiger partial charge in [-0.1, -0.05) is 0 Å². The second kappa shape index (κ2) is 5.83. The lowest BCUT2D eigenvalue weighted by atomic mass is 10.4. The number of nitrogens with zero attached hydrogens (tertiary/aromatic N) is 1. The zero-order valence-electron chi connectivity index (χ0n) is 10.3. The molecule has 0 aliphatic rings. The van der Waals surface area contributed by atoms with Crippen LogP contribution in [0.2, 0.25) is 0 Å². The molecule has 1 heterocycles. The quantitative estimate of drug-likeness (QED) is 0.858. The normalized spacial score (nSPS) is 14.4. The Labute approximate surface area is 112 Å². The molecule has 0 radical (unpaired) electrons. The van der Waals surface area contributed by atoms with Crippen molar-refractivity contribution in [3.05, 3.63) is 24.2 Å². The van der Waals surface area contributed by atoms with Crippen LogP contribution in [0.15, 0.2) is 22.8 Å². The van der Waals surface area contributed by atoms with Crippen LogP contribution >= 0.6 is 0 Å². The van der Waals surface area contributed by atoms with Crippen molar-refractivity contribution in [3.63, 3.8) is 0 Å². The van der Waals surface area contributed by atoms with Crippen LogP contribution < -0.4 is 0 Å². The fourth-order valence-corrected chi connectivity index (χ4v) is 2.70. The molecule has 1 unspecified atom stereocenters. The van der Waals surface area contributed by atoms with Crippen LogP contribution in [0.25, 0.3) is 0 Å². The van der Waals surface area contributed by atoms with E-state index in [1.807, 2.05) is 0 Å². The van der Waals surface area contributed by atoms with Crippen LogP contribution in [0.5, 0.6) is 0 Å². The van der Waals surface area contributed by atoms with Crippen molar-refractivity contribution in [1.29, 1.82) is 0 Å². The molecular weight excluding hydrogens is 303 g/mol. The molecule has 10 heteroatoms. The van der Waals surface area contributed by atoms with Crippen LogP contribution in [-0.2, 0) is 21.4 Å². The molecule has 1 rings (SSSR count). The number of hydrogen-bond acceptors (Lipinski definition) is 4. The highest BCUT2D eigenvalue weighted by Crippen LogP contribution is 2.22. The molecule has 0 aliphatic carbocycles. The molecule has 0 saturated heterocycles. The third kappa shape index (κ3) is 4.23. The van der Waals surface area contributed by atoms with Gasteiger partial charge in [0.15, 0.2) is 5.25 Å². The van der Waals surface area contributed by atoms with E-state index < -0.39 is 40.5 Å². The summed E-state index contributed by atoms with van der Waals surface area (Å²) in [4.78, 5) is 10.7. The Morgan fingerprint density at radius 3 is 2.50 bits per heavy atom. The summed E-state index contributed by atoms with van der Waals surface area (Å²) in [6.07, 6.45) is -3.62. The summed E-state index contributed by atoms with van der Waals surface area (Å²) in [5.41, 5.74) is 0. The molecule has 1 N–H and O–H groups in total. The molecule has 114 valence electrons. The van der Waals surface area contributed by atoms with Crippen molar-refractivity contribution in [1.82, 2.24) is 4.31 Å². The van der Waals surface area contributed by atoms with Crippen molar-refractivity contribution < 1.29 is 35.9 Å². The van der Waals surface area contributed by atoms with E-state index in [0.29, 0.717) is 0 Å². The first-order valence-electron chi connectivity index (χ1n) is 5.35. The van der Waals surface area contributed by atoms with E-state index in [4.69, 9.17) is 9.52 Å². The third-order valence-electron chi connectivity index (χ3n) is 2.42. The summed E-state index contributed by atoms with van der Waals surface area (Å²) >= 11 is 0. The van der Waals surface area contributed by atoms with Crippen molar-refractivity contribution >= 4 is 16.0 Å². The first-order chi connectivity index (χ1) is 9.04. The van der Waals surface area contributed by atoms with Gasteiger partial charge in [0, 0.05) is 0 Å². The Kier molecular flexibility index (Phi) is 4.81. The fraction of sp³-hybridized carbons (Fsp3) is 0.500. The molecular formula is C10H12F3NO5S. The number of carboxylic acid groups (broad SMARTS) is 1. The molecule has 0 aliphatic heterocycles. The van der Waals surface area contributed by atoms with Crippen molar-refractivity contribution in [3.8, 4) is 0 Å². The lowest BCUT2D eigenvalue weighted by Gasteiger charge is -2.24. The van der Waals surface area contributed by atoms with Gasteiger partial charge in [-0.05, 0) is 19.1 Å². The number of furan rings is 1. The van der Waals surface area contributed by atoms with Gasteiger partial charge in [0.05, 0.1) is 12.8 Å². The lowest BCUT2D eigenvalue weighted by molar-refractivity contribution is -0.140. The van der Waals surface area contributed by atoms with Crippen LogP contribution in [-0.4, -0.2) is 41.8 Å². The fourth-order valence-electron chi connectivity index (χ4n) is 1.36. The summed E-state index contributed by atoms with van der Waals surface area (Å²) in [5, 5.41) is 6.69. The van der Waals surface area contributed by atoms with Crippen molar-refractivity contribution in [2.45, 2.75) is 24.9 Å². The average molecular weight is 315 g/mol. The zero-order chi connectivity index (χ0) is 15.6. The van der Waals surface area contributed by atoms with Gasteiger partial charge in [-0.25, -0.2) is 8.42 Å². The Morgan fingerprint density at radius 2 is 2.10 bits per heavy atom. The largest absolute Gasteiger partial charge is 0.480 e. The highest BCUT2D eigenvalue weighted by Gasteiger charge is 2.41. The Morgan fingerprint density at radius 1 is 1.50 bits per heavy atom. The standard InChI is InChI=1S/C10H12F3NO5S/c1-7(9(15)16)20(17,18)14(6-10(11,12)13)5-8-3-2-4-19-8/h2-4,7H,5-6H2,1H3,(H,15,16). The first kappa shape index (κ1) is 16.5. The summed E-state index contributed by atoms with van der Waals surface area (Å²) in [6.45, 7) is -1.66. The summed E-state index contributed by atoms with van der Waals surface area (Å²) in [5.74, 6) is -1.74. The zero-order valence-corrected chi connectivity index (χ0v) is 11.1. The number of halogens is 3. The molecule has 0 fully saturated rings.